The first-order chi connectivity index (χ1) is 9.43. The van der Waals surface area contributed by atoms with Gasteiger partial charge in [0.2, 0.25) is 0 Å². The summed E-state index contributed by atoms with van der Waals surface area (Å²) in [6.45, 7) is 4.84. The smallest absolute Gasteiger partial charge is 0.135 e. The molecule has 0 atom stereocenters. The van der Waals surface area contributed by atoms with Crippen LogP contribution in [-0.4, -0.2) is 16.9 Å². The third-order valence-electron chi connectivity index (χ3n) is 3.36. The third kappa shape index (κ3) is 3.01. The summed E-state index contributed by atoms with van der Waals surface area (Å²) in [5.74, 6) is 0.801. The van der Waals surface area contributed by atoms with Crippen molar-refractivity contribution in [2.24, 2.45) is 7.05 Å². The minimum absolute atomic E-state index is 0.731. The standard InChI is InChI=1S/C14H17Br2N3O/c1-8-10(9(2)19(3)18-8)7-17-13-6-14(20-4)12(16)5-11(13)15/h5-6,17H,7H2,1-4H3. The molecule has 1 aromatic heterocycles. The van der Waals surface area contributed by atoms with Crippen LogP contribution in [0.1, 0.15) is 17.0 Å². The van der Waals surface area contributed by atoms with Gasteiger partial charge in [-0.25, -0.2) is 0 Å². The number of rotatable bonds is 4. The monoisotopic (exact) mass is 401 g/mol. The fraction of sp³-hybridized carbons (Fsp3) is 0.357. The molecule has 2 rings (SSSR count). The van der Waals surface area contributed by atoms with Crippen LogP contribution in [0.5, 0.6) is 5.75 Å². The second kappa shape index (κ2) is 6.18. The van der Waals surface area contributed by atoms with Crippen LogP contribution in [-0.2, 0) is 13.6 Å². The van der Waals surface area contributed by atoms with Gasteiger partial charge in [0.05, 0.1) is 23.0 Å². The number of halogens is 2. The van der Waals surface area contributed by atoms with Crippen molar-refractivity contribution >= 4 is 37.5 Å². The zero-order valence-electron chi connectivity index (χ0n) is 11.9. The Morgan fingerprint density at radius 3 is 2.50 bits per heavy atom. The van der Waals surface area contributed by atoms with Crippen LogP contribution in [0.4, 0.5) is 5.69 Å². The Morgan fingerprint density at radius 1 is 1.25 bits per heavy atom. The minimum Gasteiger partial charge on any atom is -0.495 e. The molecular weight excluding hydrogens is 386 g/mol. The zero-order chi connectivity index (χ0) is 14.9. The number of hydrogen-bond donors (Lipinski definition) is 1. The predicted molar refractivity (Wildman–Crippen MR) is 88.4 cm³/mol. The van der Waals surface area contributed by atoms with Gasteiger partial charge in [0.25, 0.3) is 0 Å². The van der Waals surface area contributed by atoms with Crippen LogP contribution in [0.15, 0.2) is 21.1 Å². The Morgan fingerprint density at radius 2 is 1.95 bits per heavy atom. The van der Waals surface area contributed by atoms with Crippen LogP contribution in [0.25, 0.3) is 0 Å². The molecular formula is C14H17Br2N3O. The second-order valence-corrected chi connectivity index (χ2v) is 6.30. The highest BCUT2D eigenvalue weighted by atomic mass is 79.9. The average Bonchev–Trinajstić information content (AvgIpc) is 2.63. The first-order valence-corrected chi connectivity index (χ1v) is 7.78. The number of nitrogens with zero attached hydrogens (tertiary/aromatic N) is 2. The number of aromatic nitrogens is 2. The third-order valence-corrected chi connectivity index (χ3v) is 4.63. The molecule has 1 N–H and O–H groups in total. The molecule has 20 heavy (non-hydrogen) atoms. The van der Waals surface area contributed by atoms with Crippen LogP contribution >= 0.6 is 31.9 Å². The summed E-state index contributed by atoms with van der Waals surface area (Å²) in [5, 5.41) is 7.85. The van der Waals surface area contributed by atoms with Crippen molar-refractivity contribution < 1.29 is 4.74 Å². The average molecular weight is 403 g/mol. The lowest BCUT2D eigenvalue weighted by atomic mass is 10.2. The topological polar surface area (TPSA) is 39.1 Å². The Bertz CT molecular complexity index is 638. The van der Waals surface area contributed by atoms with Gasteiger partial charge in [0.15, 0.2) is 0 Å². The molecule has 0 saturated heterocycles. The minimum atomic E-state index is 0.731. The number of ether oxygens (including phenoxy) is 1. The molecule has 0 aliphatic carbocycles. The molecule has 1 aromatic carbocycles. The molecule has 0 aliphatic heterocycles. The van der Waals surface area contributed by atoms with Gasteiger partial charge in [-0.3, -0.25) is 4.68 Å². The Kier molecular flexibility index (Phi) is 4.75. The van der Waals surface area contributed by atoms with Gasteiger partial charge in [-0.2, -0.15) is 5.10 Å². The highest BCUT2D eigenvalue weighted by molar-refractivity contribution is 9.11. The lowest BCUT2D eigenvalue weighted by Gasteiger charge is -2.12. The van der Waals surface area contributed by atoms with E-state index in [0.29, 0.717) is 0 Å². The molecule has 0 unspecified atom stereocenters. The van der Waals surface area contributed by atoms with Gasteiger partial charge in [-0.05, 0) is 51.8 Å². The molecule has 4 nitrogen and oxygen atoms in total. The van der Waals surface area contributed by atoms with Crippen LogP contribution in [0, 0.1) is 13.8 Å². The molecule has 0 saturated carbocycles. The number of aryl methyl sites for hydroxylation is 2. The summed E-state index contributed by atoms with van der Waals surface area (Å²) >= 11 is 7.03. The van der Waals surface area contributed by atoms with Gasteiger partial charge in [0.1, 0.15) is 5.75 Å². The number of nitrogens with one attached hydrogen (secondary N) is 1. The summed E-state index contributed by atoms with van der Waals surface area (Å²) in [4.78, 5) is 0. The first kappa shape index (κ1) is 15.4. The van der Waals surface area contributed by atoms with Gasteiger partial charge in [0, 0.05) is 35.4 Å². The molecule has 0 amide bonds. The first-order valence-electron chi connectivity index (χ1n) is 6.20. The van der Waals surface area contributed by atoms with Crippen molar-refractivity contribution in [1.82, 2.24) is 9.78 Å². The van der Waals surface area contributed by atoms with E-state index in [1.165, 1.54) is 11.3 Å². The number of benzene rings is 1. The van der Waals surface area contributed by atoms with E-state index in [-0.39, 0.29) is 0 Å². The summed E-state index contributed by atoms with van der Waals surface area (Å²) in [6, 6.07) is 3.94. The molecule has 0 radical (unpaired) electrons. The van der Waals surface area contributed by atoms with E-state index in [1.807, 2.05) is 30.8 Å². The molecule has 0 bridgehead atoms. The van der Waals surface area contributed by atoms with Gasteiger partial charge in [-0.1, -0.05) is 0 Å². The van der Waals surface area contributed by atoms with Crippen molar-refractivity contribution in [1.29, 1.82) is 0 Å². The van der Waals surface area contributed by atoms with Gasteiger partial charge >= 0.3 is 0 Å². The molecule has 0 spiro atoms. The van der Waals surface area contributed by atoms with E-state index < -0.39 is 0 Å². The highest BCUT2D eigenvalue weighted by Gasteiger charge is 2.11. The largest absolute Gasteiger partial charge is 0.495 e. The van der Waals surface area contributed by atoms with Gasteiger partial charge < -0.3 is 10.1 Å². The molecule has 6 heteroatoms. The molecule has 2 aromatic rings. The molecule has 1 heterocycles. The summed E-state index contributed by atoms with van der Waals surface area (Å²) < 4.78 is 9.14. The Balaban J connectivity index is 2.23. The summed E-state index contributed by atoms with van der Waals surface area (Å²) in [6.07, 6.45) is 0. The van der Waals surface area contributed by atoms with E-state index in [0.717, 1.165) is 32.6 Å². The van der Waals surface area contributed by atoms with E-state index in [1.54, 1.807) is 7.11 Å². The maximum absolute atomic E-state index is 5.32. The van der Waals surface area contributed by atoms with E-state index in [4.69, 9.17) is 4.74 Å². The lowest BCUT2D eigenvalue weighted by Crippen LogP contribution is -2.03. The van der Waals surface area contributed by atoms with Crippen molar-refractivity contribution in [2.45, 2.75) is 20.4 Å². The van der Waals surface area contributed by atoms with E-state index in [9.17, 15) is 0 Å². The number of anilines is 1. The normalized spacial score (nSPS) is 10.7. The zero-order valence-corrected chi connectivity index (χ0v) is 15.1. The van der Waals surface area contributed by atoms with Crippen LogP contribution in [0.3, 0.4) is 0 Å². The fourth-order valence-corrected chi connectivity index (χ4v) is 3.37. The summed E-state index contributed by atoms with van der Waals surface area (Å²) in [7, 11) is 3.62. The lowest BCUT2D eigenvalue weighted by molar-refractivity contribution is 0.412. The maximum Gasteiger partial charge on any atom is 0.135 e. The second-order valence-electron chi connectivity index (χ2n) is 4.59. The van der Waals surface area contributed by atoms with Crippen molar-refractivity contribution in [3.63, 3.8) is 0 Å². The predicted octanol–water partition coefficient (Wildman–Crippen LogP) is 4.18. The van der Waals surface area contributed by atoms with Crippen LogP contribution in [0.2, 0.25) is 0 Å². The van der Waals surface area contributed by atoms with Crippen molar-refractivity contribution in [3.05, 3.63) is 38.0 Å². The van der Waals surface area contributed by atoms with Crippen molar-refractivity contribution in [3.8, 4) is 5.75 Å². The number of methoxy groups -OCH3 is 1. The van der Waals surface area contributed by atoms with Crippen molar-refractivity contribution in [2.75, 3.05) is 12.4 Å². The van der Waals surface area contributed by atoms with E-state index >= 15 is 0 Å². The summed E-state index contributed by atoms with van der Waals surface area (Å²) in [5.41, 5.74) is 4.45. The Hall–Kier alpha value is -1.01. The SMILES string of the molecule is COc1cc(NCc2c(C)nn(C)c2C)c(Br)cc1Br. The maximum atomic E-state index is 5.32. The molecule has 0 aliphatic rings. The number of hydrogen-bond acceptors (Lipinski definition) is 3. The molecule has 0 fully saturated rings. The quantitative estimate of drug-likeness (QED) is 0.833. The van der Waals surface area contributed by atoms with Crippen LogP contribution < -0.4 is 10.1 Å². The van der Waals surface area contributed by atoms with Gasteiger partial charge in [-0.15, -0.1) is 0 Å². The van der Waals surface area contributed by atoms with E-state index in [2.05, 4.69) is 49.2 Å². The molecule has 108 valence electrons. The highest BCUT2D eigenvalue weighted by Crippen LogP contribution is 2.34. The Labute approximate surface area is 135 Å². The fourth-order valence-electron chi connectivity index (χ4n) is 2.08.